The summed E-state index contributed by atoms with van der Waals surface area (Å²) in [6.45, 7) is 8.41. The minimum absolute atomic E-state index is 0.684. The zero-order chi connectivity index (χ0) is 19.4. The number of nitrogens with zero attached hydrogens (tertiary/aromatic N) is 1. The quantitative estimate of drug-likeness (QED) is 0.218. The van der Waals surface area contributed by atoms with E-state index in [1.807, 2.05) is 0 Å². The van der Waals surface area contributed by atoms with E-state index < -0.39 is 0 Å². The molecule has 1 unspecified atom stereocenters. The largest absolute Gasteiger partial charge is 0.300 e. The first-order valence-corrected chi connectivity index (χ1v) is 12.9. The number of rotatable bonds is 20. The molecule has 1 aliphatic heterocycles. The fraction of sp³-hybridized carbons (Fsp3) is 1.00. The van der Waals surface area contributed by atoms with Crippen molar-refractivity contribution < 1.29 is 0 Å². The lowest BCUT2D eigenvalue weighted by Crippen LogP contribution is -2.36. The summed E-state index contributed by atoms with van der Waals surface area (Å²) in [5.41, 5.74) is 0. The summed E-state index contributed by atoms with van der Waals surface area (Å²) in [6.07, 6.45) is 28.0. The van der Waals surface area contributed by atoms with Gasteiger partial charge in [-0.1, -0.05) is 123 Å². The highest BCUT2D eigenvalue weighted by Gasteiger charge is 2.22. The Hall–Kier alpha value is -0.0800. The molecular weight excluding hydrogens is 328 g/mol. The van der Waals surface area contributed by atoms with Gasteiger partial charge in [-0.2, -0.15) is 0 Å². The molecule has 2 nitrogen and oxygen atoms in total. The van der Waals surface area contributed by atoms with Gasteiger partial charge in [-0.15, -0.1) is 0 Å². The van der Waals surface area contributed by atoms with E-state index in [1.54, 1.807) is 0 Å². The van der Waals surface area contributed by atoms with Crippen molar-refractivity contribution in [3.05, 3.63) is 0 Å². The van der Waals surface area contributed by atoms with Gasteiger partial charge in [0.2, 0.25) is 0 Å². The maximum absolute atomic E-state index is 3.74. The summed E-state index contributed by atoms with van der Waals surface area (Å²) in [4.78, 5) is 2.73. The molecule has 1 fully saturated rings. The summed E-state index contributed by atoms with van der Waals surface area (Å²) < 4.78 is 0. The fourth-order valence-electron chi connectivity index (χ4n) is 4.49. The fourth-order valence-corrected chi connectivity index (χ4v) is 4.49. The molecule has 1 N–H and O–H groups in total. The van der Waals surface area contributed by atoms with E-state index >= 15 is 0 Å². The summed E-state index contributed by atoms with van der Waals surface area (Å²) in [5, 5.41) is 3.74. The molecule has 27 heavy (non-hydrogen) atoms. The lowest BCUT2D eigenvalue weighted by atomic mass is 10.1. The van der Waals surface area contributed by atoms with Crippen molar-refractivity contribution in [2.45, 2.75) is 142 Å². The second-order valence-corrected chi connectivity index (χ2v) is 8.95. The Labute approximate surface area is 172 Å². The summed E-state index contributed by atoms with van der Waals surface area (Å²) in [5.74, 6) is 0. The maximum Gasteiger partial charge on any atom is 0.0597 e. The van der Waals surface area contributed by atoms with Crippen LogP contribution in [-0.4, -0.2) is 30.7 Å². The summed E-state index contributed by atoms with van der Waals surface area (Å²) in [6, 6.07) is 0. The van der Waals surface area contributed by atoms with E-state index in [0.29, 0.717) is 6.17 Å². The lowest BCUT2D eigenvalue weighted by Gasteiger charge is -2.24. The van der Waals surface area contributed by atoms with Crippen LogP contribution >= 0.6 is 0 Å². The Morgan fingerprint density at radius 2 is 1.04 bits per heavy atom. The molecule has 1 aliphatic rings. The lowest BCUT2D eigenvalue weighted by molar-refractivity contribution is 0.220. The van der Waals surface area contributed by atoms with Crippen molar-refractivity contribution in [3.63, 3.8) is 0 Å². The van der Waals surface area contributed by atoms with E-state index in [1.165, 1.54) is 142 Å². The molecular formula is C25H52N2. The third kappa shape index (κ3) is 14.6. The zero-order valence-corrected chi connectivity index (χ0v) is 19.1. The van der Waals surface area contributed by atoms with Crippen molar-refractivity contribution in [2.24, 2.45) is 0 Å². The van der Waals surface area contributed by atoms with E-state index in [9.17, 15) is 0 Å². The SMILES string of the molecule is CCCCCCCCCCCC1NCCN1CCCCCCCCCCC. The van der Waals surface area contributed by atoms with Gasteiger partial charge in [-0.25, -0.2) is 0 Å². The Morgan fingerprint density at radius 3 is 1.56 bits per heavy atom. The second kappa shape index (κ2) is 19.2. The van der Waals surface area contributed by atoms with Crippen LogP contribution in [0.25, 0.3) is 0 Å². The zero-order valence-electron chi connectivity index (χ0n) is 19.1. The third-order valence-corrected chi connectivity index (χ3v) is 6.35. The Kier molecular flexibility index (Phi) is 17.8. The van der Waals surface area contributed by atoms with Gasteiger partial charge in [0, 0.05) is 13.1 Å². The standard InChI is InChI=1S/C25H52N2/c1-3-5-7-9-11-13-15-17-19-21-25-26-22-24-27(25)23-20-18-16-14-12-10-8-6-4-2/h25-26H,3-24H2,1-2H3. The van der Waals surface area contributed by atoms with Gasteiger partial charge < -0.3 is 5.32 Å². The molecule has 0 bridgehead atoms. The smallest absolute Gasteiger partial charge is 0.0597 e. The molecule has 1 saturated heterocycles. The van der Waals surface area contributed by atoms with Crippen molar-refractivity contribution in [3.8, 4) is 0 Å². The average molecular weight is 381 g/mol. The molecule has 0 aromatic carbocycles. The van der Waals surface area contributed by atoms with Crippen LogP contribution in [-0.2, 0) is 0 Å². The van der Waals surface area contributed by atoms with E-state index in [0.717, 1.165) is 0 Å². The van der Waals surface area contributed by atoms with E-state index in [4.69, 9.17) is 0 Å². The molecule has 2 heteroatoms. The molecule has 1 heterocycles. The molecule has 0 aromatic rings. The molecule has 162 valence electrons. The van der Waals surface area contributed by atoms with Crippen LogP contribution in [0.2, 0.25) is 0 Å². The van der Waals surface area contributed by atoms with Crippen molar-refractivity contribution >= 4 is 0 Å². The van der Waals surface area contributed by atoms with Gasteiger partial charge >= 0.3 is 0 Å². The first kappa shape index (κ1) is 25.0. The predicted octanol–water partition coefficient (Wildman–Crippen LogP) is 7.67. The first-order valence-electron chi connectivity index (χ1n) is 12.9. The monoisotopic (exact) mass is 380 g/mol. The van der Waals surface area contributed by atoms with Crippen molar-refractivity contribution in [2.75, 3.05) is 19.6 Å². The van der Waals surface area contributed by atoms with Crippen LogP contribution in [0, 0.1) is 0 Å². The van der Waals surface area contributed by atoms with Crippen LogP contribution in [0.5, 0.6) is 0 Å². The molecule has 0 aliphatic carbocycles. The van der Waals surface area contributed by atoms with Crippen molar-refractivity contribution in [1.82, 2.24) is 10.2 Å². The van der Waals surface area contributed by atoms with Crippen LogP contribution in [0.4, 0.5) is 0 Å². The normalized spacial score (nSPS) is 17.8. The Bertz CT molecular complexity index is 264. The molecule has 0 saturated carbocycles. The van der Waals surface area contributed by atoms with E-state index in [-0.39, 0.29) is 0 Å². The minimum Gasteiger partial charge on any atom is -0.300 e. The molecule has 0 amide bonds. The molecule has 1 atom stereocenters. The number of unbranched alkanes of at least 4 members (excludes halogenated alkanes) is 16. The molecule has 1 rings (SSSR count). The van der Waals surface area contributed by atoms with Gasteiger partial charge in [-0.05, 0) is 19.4 Å². The second-order valence-electron chi connectivity index (χ2n) is 8.95. The highest BCUT2D eigenvalue weighted by atomic mass is 15.3. The van der Waals surface area contributed by atoms with Crippen LogP contribution in [0.15, 0.2) is 0 Å². The molecule has 0 aromatic heterocycles. The van der Waals surface area contributed by atoms with Gasteiger partial charge in [0.1, 0.15) is 0 Å². The third-order valence-electron chi connectivity index (χ3n) is 6.35. The topological polar surface area (TPSA) is 15.3 Å². The molecule has 0 radical (unpaired) electrons. The van der Waals surface area contributed by atoms with Crippen LogP contribution < -0.4 is 5.32 Å². The van der Waals surface area contributed by atoms with Gasteiger partial charge in [-0.3, -0.25) is 4.90 Å². The predicted molar refractivity (Wildman–Crippen MR) is 122 cm³/mol. The number of hydrogen-bond donors (Lipinski definition) is 1. The summed E-state index contributed by atoms with van der Waals surface area (Å²) in [7, 11) is 0. The van der Waals surface area contributed by atoms with Gasteiger partial charge in [0.15, 0.2) is 0 Å². The highest BCUT2D eigenvalue weighted by Crippen LogP contribution is 2.16. The Balaban J connectivity index is 1.89. The highest BCUT2D eigenvalue weighted by molar-refractivity contribution is 4.77. The summed E-state index contributed by atoms with van der Waals surface area (Å²) >= 11 is 0. The van der Waals surface area contributed by atoms with Gasteiger partial charge in [0.05, 0.1) is 6.17 Å². The van der Waals surface area contributed by atoms with E-state index in [2.05, 4.69) is 24.1 Å². The van der Waals surface area contributed by atoms with Crippen molar-refractivity contribution in [1.29, 1.82) is 0 Å². The Morgan fingerprint density at radius 1 is 0.593 bits per heavy atom. The average Bonchev–Trinajstić information content (AvgIpc) is 3.12. The molecule has 0 spiro atoms. The van der Waals surface area contributed by atoms with Crippen LogP contribution in [0.1, 0.15) is 136 Å². The first-order chi connectivity index (χ1) is 13.4. The van der Waals surface area contributed by atoms with Crippen LogP contribution in [0.3, 0.4) is 0 Å². The number of nitrogens with one attached hydrogen (secondary N) is 1. The maximum atomic E-state index is 3.74. The number of hydrogen-bond acceptors (Lipinski definition) is 2. The van der Waals surface area contributed by atoms with Gasteiger partial charge in [0.25, 0.3) is 0 Å². The minimum atomic E-state index is 0.684.